The number of hydrogen-bond acceptors (Lipinski definition) is 1. The quantitative estimate of drug-likeness (QED) is 0.519. The van der Waals surface area contributed by atoms with Gasteiger partial charge in [-0.1, -0.05) is 89.5 Å². The maximum Gasteiger partial charge on any atom is 0.0972 e. The van der Waals surface area contributed by atoms with Gasteiger partial charge in [0.2, 0.25) is 0 Å². The van der Waals surface area contributed by atoms with E-state index in [1.807, 2.05) is 0 Å². The SMILES string of the molecule is Cc1ccc(C(c2ccc(C)cc2)(c2ccc(C)cc2)N2CCCC2)cc1. The van der Waals surface area contributed by atoms with Crippen LogP contribution in [0.15, 0.2) is 72.8 Å². The average Bonchev–Trinajstić information content (AvgIpc) is 3.21. The maximum absolute atomic E-state index is 2.69. The van der Waals surface area contributed by atoms with Gasteiger partial charge in [-0.2, -0.15) is 0 Å². The minimum absolute atomic E-state index is 0.231. The van der Waals surface area contributed by atoms with Crippen molar-refractivity contribution in [3.8, 4) is 0 Å². The highest BCUT2D eigenvalue weighted by Gasteiger charge is 2.43. The fourth-order valence-electron chi connectivity index (χ4n) is 4.48. The Balaban J connectivity index is 2.02. The van der Waals surface area contributed by atoms with Gasteiger partial charge < -0.3 is 0 Å². The molecule has 0 N–H and O–H groups in total. The zero-order valence-electron chi connectivity index (χ0n) is 16.7. The largest absolute Gasteiger partial charge is 0.286 e. The summed E-state index contributed by atoms with van der Waals surface area (Å²) < 4.78 is 0. The van der Waals surface area contributed by atoms with Crippen molar-refractivity contribution in [3.05, 3.63) is 106 Å². The van der Waals surface area contributed by atoms with E-state index in [0.29, 0.717) is 0 Å². The van der Waals surface area contributed by atoms with Crippen LogP contribution in [0.5, 0.6) is 0 Å². The number of rotatable bonds is 4. The molecule has 0 atom stereocenters. The van der Waals surface area contributed by atoms with Crippen LogP contribution < -0.4 is 0 Å². The summed E-state index contributed by atoms with van der Waals surface area (Å²) >= 11 is 0. The van der Waals surface area contributed by atoms with Crippen molar-refractivity contribution in [3.63, 3.8) is 0 Å². The molecule has 1 heteroatoms. The van der Waals surface area contributed by atoms with Gasteiger partial charge in [0.05, 0.1) is 5.54 Å². The lowest BCUT2D eigenvalue weighted by atomic mass is 9.75. The van der Waals surface area contributed by atoms with Crippen molar-refractivity contribution in [2.45, 2.75) is 39.2 Å². The van der Waals surface area contributed by atoms with E-state index in [4.69, 9.17) is 0 Å². The van der Waals surface area contributed by atoms with Crippen LogP contribution >= 0.6 is 0 Å². The van der Waals surface area contributed by atoms with Gasteiger partial charge >= 0.3 is 0 Å². The lowest BCUT2D eigenvalue weighted by Gasteiger charge is -2.44. The van der Waals surface area contributed by atoms with E-state index in [-0.39, 0.29) is 5.54 Å². The lowest BCUT2D eigenvalue weighted by molar-refractivity contribution is 0.199. The minimum atomic E-state index is -0.231. The van der Waals surface area contributed by atoms with Crippen molar-refractivity contribution in [1.29, 1.82) is 0 Å². The highest BCUT2D eigenvalue weighted by Crippen LogP contribution is 2.44. The predicted octanol–water partition coefficient (Wildman–Crippen LogP) is 6.00. The molecule has 0 amide bonds. The second-order valence-corrected chi connectivity index (χ2v) is 8.00. The van der Waals surface area contributed by atoms with Gasteiger partial charge in [-0.3, -0.25) is 4.90 Å². The van der Waals surface area contributed by atoms with E-state index in [1.165, 1.54) is 46.2 Å². The molecule has 0 aromatic heterocycles. The van der Waals surface area contributed by atoms with E-state index < -0.39 is 0 Å². The standard InChI is InChI=1S/C26H29N/c1-20-6-12-23(13-7-20)26(27-18-4-5-19-27,24-14-8-21(2)9-15-24)25-16-10-22(3)11-17-25/h6-17H,4-5,18-19H2,1-3H3. The molecule has 4 rings (SSSR count). The van der Waals surface area contributed by atoms with E-state index in [1.54, 1.807) is 0 Å². The van der Waals surface area contributed by atoms with Crippen molar-refractivity contribution in [2.75, 3.05) is 13.1 Å². The topological polar surface area (TPSA) is 3.24 Å². The van der Waals surface area contributed by atoms with Gasteiger partial charge in [0.25, 0.3) is 0 Å². The Hall–Kier alpha value is -2.38. The highest BCUT2D eigenvalue weighted by molar-refractivity contribution is 5.51. The van der Waals surface area contributed by atoms with Crippen LogP contribution in [0.2, 0.25) is 0 Å². The second kappa shape index (κ2) is 7.32. The molecule has 0 radical (unpaired) electrons. The van der Waals surface area contributed by atoms with Gasteiger partial charge in [0, 0.05) is 0 Å². The monoisotopic (exact) mass is 355 g/mol. The molecule has 27 heavy (non-hydrogen) atoms. The van der Waals surface area contributed by atoms with Crippen molar-refractivity contribution in [2.24, 2.45) is 0 Å². The summed E-state index contributed by atoms with van der Waals surface area (Å²) in [5, 5.41) is 0. The average molecular weight is 356 g/mol. The molecule has 0 aliphatic carbocycles. The summed E-state index contributed by atoms with van der Waals surface area (Å²) in [4.78, 5) is 2.69. The van der Waals surface area contributed by atoms with Crippen molar-refractivity contribution < 1.29 is 0 Å². The van der Waals surface area contributed by atoms with Gasteiger partial charge in [-0.05, 0) is 63.4 Å². The summed E-state index contributed by atoms with van der Waals surface area (Å²) in [6.45, 7) is 8.77. The van der Waals surface area contributed by atoms with Crippen LogP contribution in [-0.4, -0.2) is 18.0 Å². The molecule has 1 saturated heterocycles. The Morgan fingerprint density at radius 3 is 1.11 bits per heavy atom. The van der Waals surface area contributed by atoms with E-state index >= 15 is 0 Å². The fourth-order valence-corrected chi connectivity index (χ4v) is 4.48. The Morgan fingerprint density at radius 1 is 0.519 bits per heavy atom. The normalized spacial score (nSPS) is 15.2. The van der Waals surface area contributed by atoms with Crippen LogP contribution in [0.3, 0.4) is 0 Å². The van der Waals surface area contributed by atoms with Crippen LogP contribution in [-0.2, 0) is 5.54 Å². The number of likely N-dealkylation sites (tertiary alicyclic amines) is 1. The number of nitrogens with zero attached hydrogens (tertiary/aromatic N) is 1. The molecule has 0 spiro atoms. The molecular weight excluding hydrogens is 326 g/mol. The molecule has 1 aliphatic heterocycles. The molecule has 0 saturated carbocycles. The first-order valence-corrected chi connectivity index (χ1v) is 10.1. The molecular formula is C26H29N. The Kier molecular flexibility index (Phi) is 4.88. The summed E-state index contributed by atoms with van der Waals surface area (Å²) in [6.07, 6.45) is 2.54. The fraction of sp³-hybridized carbons (Fsp3) is 0.308. The van der Waals surface area contributed by atoms with Gasteiger partial charge in [-0.25, -0.2) is 0 Å². The molecule has 3 aromatic rings. The Labute approximate surface area is 163 Å². The summed E-state index contributed by atoms with van der Waals surface area (Å²) in [5.74, 6) is 0. The van der Waals surface area contributed by atoms with E-state index in [2.05, 4.69) is 98.5 Å². The Bertz CT molecular complexity index is 772. The predicted molar refractivity (Wildman–Crippen MR) is 114 cm³/mol. The van der Waals surface area contributed by atoms with E-state index in [0.717, 1.165) is 13.1 Å². The Morgan fingerprint density at radius 2 is 0.815 bits per heavy atom. The molecule has 0 unspecified atom stereocenters. The smallest absolute Gasteiger partial charge is 0.0972 e. The number of benzene rings is 3. The molecule has 138 valence electrons. The van der Waals surface area contributed by atoms with Crippen molar-refractivity contribution >= 4 is 0 Å². The minimum Gasteiger partial charge on any atom is -0.286 e. The van der Waals surface area contributed by atoms with Gasteiger partial charge in [0.1, 0.15) is 0 Å². The second-order valence-electron chi connectivity index (χ2n) is 8.00. The van der Waals surface area contributed by atoms with Crippen LogP contribution in [0.25, 0.3) is 0 Å². The zero-order valence-corrected chi connectivity index (χ0v) is 16.7. The maximum atomic E-state index is 2.69. The first-order valence-electron chi connectivity index (χ1n) is 10.1. The van der Waals surface area contributed by atoms with Gasteiger partial charge in [-0.15, -0.1) is 0 Å². The van der Waals surface area contributed by atoms with Gasteiger partial charge in [0.15, 0.2) is 0 Å². The first kappa shape index (κ1) is 18.0. The summed E-state index contributed by atoms with van der Waals surface area (Å²) in [6, 6.07) is 27.5. The highest BCUT2D eigenvalue weighted by atomic mass is 15.2. The van der Waals surface area contributed by atoms with Crippen molar-refractivity contribution in [1.82, 2.24) is 4.90 Å². The molecule has 1 heterocycles. The molecule has 1 nitrogen and oxygen atoms in total. The molecule has 3 aromatic carbocycles. The summed E-state index contributed by atoms with van der Waals surface area (Å²) in [7, 11) is 0. The number of aryl methyl sites for hydroxylation is 3. The zero-order chi connectivity index (χ0) is 18.9. The number of hydrogen-bond donors (Lipinski definition) is 0. The molecule has 0 bridgehead atoms. The third-order valence-corrected chi connectivity index (χ3v) is 5.99. The van der Waals surface area contributed by atoms with Crippen LogP contribution in [0, 0.1) is 20.8 Å². The van der Waals surface area contributed by atoms with E-state index in [9.17, 15) is 0 Å². The summed E-state index contributed by atoms with van der Waals surface area (Å²) in [5.41, 5.74) is 7.78. The third-order valence-electron chi connectivity index (χ3n) is 5.99. The van der Waals surface area contributed by atoms with Crippen LogP contribution in [0.4, 0.5) is 0 Å². The lowest BCUT2D eigenvalue weighted by Crippen LogP contribution is -2.46. The molecule has 1 aliphatic rings. The third kappa shape index (κ3) is 3.21. The van der Waals surface area contributed by atoms with Crippen LogP contribution in [0.1, 0.15) is 46.2 Å². The first-order chi connectivity index (χ1) is 13.1. The molecule has 1 fully saturated rings.